The average molecular weight is 388 g/mol. The Bertz CT molecular complexity index is 1130. The second-order valence-corrected chi connectivity index (χ2v) is 8.14. The third-order valence-corrected chi connectivity index (χ3v) is 5.68. The van der Waals surface area contributed by atoms with E-state index in [4.69, 9.17) is 0 Å². The van der Waals surface area contributed by atoms with Crippen molar-refractivity contribution in [3.63, 3.8) is 0 Å². The molecule has 1 aliphatic carbocycles. The molecule has 0 spiro atoms. The van der Waals surface area contributed by atoms with Gasteiger partial charge in [0, 0.05) is 29.6 Å². The molecule has 0 saturated carbocycles. The van der Waals surface area contributed by atoms with Gasteiger partial charge in [0.15, 0.2) is 0 Å². The minimum Gasteiger partial charge on any atom is -0.354 e. The molecule has 0 radical (unpaired) electrons. The Labute approximate surface area is 169 Å². The lowest BCUT2D eigenvalue weighted by Gasteiger charge is -2.23. The van der Waals surface area contributed by atoms with Gasteiger partial charge in [-0.2, -0.15) is 0 Å². The Morgan fingerprint density at radius 2 is 2.17 bits per heavy atom. The number of nitrogens with one attached hydrogen (secondary N) is 3. The van der Waals surface area contributed by atoms with Crippen LogP contribution < -0.4 is 10.6 Å². The Hall–Kier alpha value is -3.22. The van der Waals surface area contributed by atoms with E-state index in [1.54, 1.807) is 6.33 Å². The molecule has 1 amide bonds. The van der Waals surface area contributed by atoms with E-state index in [0.29, 0.717) is 6.42 Å². The van der Waals surface area contributed by atoms with Gasteiger partial charge in [0.1, 0.15) is 17.8 Å². The maximum absolute atomic E-state index is 12.6. The molecule has 1 unspecified atom stereocenters. The predicted octanol–water partition coefficient (Wildman–Crippen LogP) is 3.26. The minimum atomic E-state index is -0.0202. The number of aromatic amines is 1. The van der Waals surface area contributed by atoms with Crippen molar-refractivity contribution in [2.24, 2.45) is 10.9 Å². The SMILES string of the molecule is CC(C)NC(=O)C1CCc2[nH]c3ncnc(Nc4ccc5c(c4)C=NC5)c3c2C1. The minimum absolute atomic E-state index is 0.0202. The monoisotopic (exact) mass is 388 g/mol. The molecule has 3 N–H and O–H groups in total. The maximum atomic E-state index is 12.6. The van der Waals surface area contributed by atoms with Crippen LogP contribution in [-0.4, -0.2) is 33.1 Å². The number of carbonyl (C=O) groups is 1. The van der Waals surface area contributed by atoms with Gasteiger partial charge in [-0.3, -0.25) is 9.79 Å². The molecule has 148 valence electrons. The van der Waals surface area contributed by atoms with Gasteiger partial charge in [-0.1, -0.05) is 6.07 Å². The molecule has 5 rings (SSSR count). The topological polar surface area (TPSA) is 95.1 Å². The van der Waals surface area contributed by atoms with Crippen LogP contribution in [0.25, 0.3) is 11.0 Å². The summed E-state index contributed by atoms with van der Waals surface area (Å²) in [6, 6.07) is 6.40. The lowest BCUT2D eigenvalue weighted by atomic mass is 9.86. The lowest BCUT2D eigenvalue weighted by molar-refractivity contribution is -0.125. The third kappa shape index (κ3) is 3.26. The highest BCUT2D eigenvalue weighted by atomic mass is 16.1. The zero-order valence-electron chi connectivity index (χ0n) is 16.6. The quantitative estimate of drug-likeness (QED) is 0.639. The summed E-state index contributed by atoms with van der Waals surface area (Å²) in [5.74, 6) is 0.879. The van der Waals surface area contributed by atoms with E-state index in [1.807, 2.05) is 20.1 Å². The first-order chi connectivity index (χ1) is 14.1. The van der Waals surface area contributed by atoms with E-state index < -0.39 is 0 Å². The number of aryl methyl sites for hydroxylation is 1. The highest BCUT2D eigenvalue weighted by molar-refractivity contribution is 5.94. The van der Waals surface area contributed by atoms with Gasteiger partial charge in [0.25, 0.3) is 0 Å². The molecule has 1 aromatic carbocycles. The summed E-state index contributed by atoms with van der Waals surface area (Å²) < 4.78 is 0. The standard InChI is InChI=1S/C22H24N6O/c1-12(2)26-22(29)13-4-6-18-17(8-13)19-20(24-11-25-21(19)28-18)27-16-5-3-14-9-23-10-15(14)7-16/h3,5,7,10-13H,4,6,8-9H2,1-2H3,(H,26,29)(H2,24,25,27,28). The van der Waals surface area contributed by atoms with E-state index >= 15 is 0 Å². The van der Waals surface area contributed by atoms with Gasteiger partial charge in [-0.15, -0.1) is 0 Å². The lowest BCUT2D eigenvalue weighted by Crippen LogP contribution is -2.37. The van der Waals surface area contributed by atoms with Crippen molar-refractivity contribution in [1.29, 1.82) is 0 Å². The van der Waals surface area contributed by atoms with E-state index in [2.05, 4.69) is 48.8 Å². The molecule has 1 atom stereocenters. The van der Waals surface area contributed by atoms with Crippen LogP contribution in [0.1, 0.15) is 42.7 Å². The summed E-state index contributed by atoms with van der Waals surface area (Å²) in [5.41, 5.74) is 6.49. The summed E-state index contributed by atoms with van der Waals surface area (Å²) >= 11 is 0. The Morgan fingerprint density at radius 1 is 1.28 bits per heavy atom. The van der Waals surface area contributed by atoms with Crippen LogP contribution in [0.5, 0.6) is 0 Å². The summed E-state index contributed by atoms with van der Waals surface area (Å²) in [7, 11) is 0. The largest absolute Gasteiger partial charge is 0.354 e. The smallest absolute Gasteiger partial charge is 0.223 e. The zero-order chi connectivity index (χ0) is 20.0. The third-order valence-electron chi connectivity index (χ3n) is 5.68. The van der Waals surface area contributed by atoms with Gasteiger partial charge in [-0.05, 0) is 61.9 Å². The number of H-pyrrole nitrogens is 1. The number of benzene rings is 1. The number of aromatic nitrogens is 3. The molecule has 2 aromatic heterocycles. The Kier molecular flexibility index (Phi) is 4.30. The van der Waals surface area contributed by atoms with Crippen molar-refractivity contribution in [2.75, 3.05) is 5.32 Å². The molecule has 7 nitrogen and oxygen atoms in total. The van der Waals surface area contributed by atoms with Crippen molar-refractivity contribution in [2.45, 2.75) is 45.7 Å². The van der Waals surface area contributed by atoms with Crippen LogP contribution in [0.3, 0.4) is 0 Å². The van der Waals surface area contributed by atoms with Gasteiger partial charge < -0.3 is 15.6 Å². The second kappa shape index (κ2) is 6.99. The number of nitrogens with zero attached hydrogens (tertiary/aromatic N) is 3. The van der Waals surface area contributed by atoms with E-state index in [9.17, 15) is 4.79 Å². The van der Waals surface area contributed by atoms with E-state index in [-0.39, 0.29) is 17.9 Å². The number of carbonyl (C=O) groups excluding carboxylic acids is 1. The van der Waals surface area contributed by atoms with Gasteiger partial charge in [-0.25, -0.2) is 9.97 Å². The normalized spacial score (nSPS) is 17.4. The van der Waals surface area contributed by atoms with Gasteiger partial charge in [0.2, 0.25) is 5.91 Å². The summed E-state index contributed by atoms with van der Waals surface area (Å²) in [6.07, 6.45) is 5.87. The second-order valence-electron chi connectivity index (χ2n) is 8.14. The Morgan fingerprint density at radius 3 is 3.03 bits per heavy atom. The number of fused-ring (bicyclic) bond motifs is 4. The first-order valence-electron chi connectivity index (χ1n) is 10.1. The van der Waals surface area contributed by atoms with Gasteiger partial charge in [0.05, 0.1) is 11.9 Å². The fraction of sp³-hybridized carbons (Fsp3) is 0.364. The summed E-state index contributed by atoms with van der Waals surface area (Å²) in [6.45, 7) is 4.74. The number of hydrogen-bond donors (Lipinski definition) is 3. The molecule has 3 aromatic rings. The fourth-order valence-electron chi connectivity index (χ4n) is 4.28. The number of amides is 1. The zero-order valence-corrected chi connectivity index (χ0v) is 16.6. The number of rotatable bonds is 4. The molecule has 0 bridgehead atoms. The highest BCUT2D eigenvalue weighted by Gasteiger charge is 2.29. The number of anilines is 2. The number of aliphatic imine (C=N–C) groups is 1. The van der Waals surface area contributed by atoms with Crippen LogP contribution in [0.2, 0.25) is 0 Å². The van der Waals surface area contributed by atoms with Gasteiger partial charge >= 0.3 is 0 Å². The van der Waals surface area contributed by atoms with Crippen LogP contribution in [0.15, 0.2) is 29.5 Å². The molecule has 0 saturated heterocycles. The van der Waals surface area contributed by atoms with E-state index in [0.717, 1.165) is 53.1 Å². The molecular formula is C22H24N6O. The van der Waals surface area contributed by atoms with E-state index in [1.165, 1.54) is 11.3 Å². The first-order valence-corrected chi connectivity index (χ1v) is 10.1. The molecule has 1 aliphatic heterocycles. The van der Waals surface area contributed by atoms with Crippen molar-refractivity contribution in [3.8, 4) is 0 Å². The average Bonchev–Trinajstić information content (AvgIpc) is 3.31. The maximum Gasteiger partial charge on any atom is 0.223 e. The molecule has 7 heteroatoms. The molecule has 29 heavy (non-hydrogen) atoms. The van der Waals surface area contributed by atoms with Crippen molar-refractivity contribution in [3.05, 3.63) is 46.9 Å². The molecule has 3 heterocycles. The summed E-state index contributed by atoms with van der Waals surface area (Å²) in [4.78, 5) is 29.3. The summed E-state index contributed by atoms with van der Waals surface area (Å²) in [5, 5.41) is 7.49. The molecular weight excluding hydrogens is 364 g/mol. The molecule has 2 aliphatic rings. The van der Waals surface area contributed by atoms with Crippen LogP contribution in [-0.2, 0) is 24.2 Å². The predicted molar refractivity (Wildman–Crippen MR) is 114 cm³/mol. The first kappa shape index (κ1) is 17.8. The van der Waals surface area contributed by atoms with Crippen molar-refractivity contribution < 1.29 is 4.79 Å². The number of hydrogen-bond acceptors (Lipinski definition) is 5. The fourth-order valence-corrected chi connectivity index (χ4v) is 4.28. The van der Waals surface area contributed by atoms with Crippen LogP contribution in [0, 0.1) is 5.92 Å². The highest BCUT2D eigenvalue weighted by Crippen LogP contribution is 2.35. The molecule has 0 fully saturated rings. The van der Waals surface area contributed by atoms with Crippen molar-refractivity contribution in [1.82, 2.24) is 20.3 Å². The van der Waals surface area contributed by atoms with Crippen molar-refractivity contribution >= 4 is 34.7 Å². The Balaban J connectivity index is 1.49. The van der Waals surface area contributed by atoms with Crippen LogP contribution >= 0.6 is 0 Å². The van der Waals surface area contributed by atoms with Crippen LogP contribution in [0.4, 0.5) is 11.5 Å².